The molecule has 0 saturated carbocycles. The van der Waals surface area contributed by atoms with E-state index >= 15 is 0 Å². The lowest BCUT2D eigenvalue weighted by Gasteiger charge is -2.37. The Balaban J connectivity index is 1.29. The Bertz CT molecular complexity index is 1390. The average molecular weight is 526 g/mol. The number of carbonyl (C=O) groups is 1. The first-order valence-corrected chi connectivity index (χ1v) is 12.4. The molecule has 3 heterocycles. The first-order valence-electron chi connectivity index (χ1n) is 12.4. The SMILES string of the molecule is CCOc1ccc(-c2ccc(F)c(F)c2F)c(CN2CCC3(CC2)CC(c2ccc(C(=O)O)cc2)=NO3)n1. The van der Waals surface area contributed by atoms with Gasteiger partial charge in [-0.05, 0) is 42.8 Å². The van der Waals surface area contributed by atoms with E-state index in [4.69, 9.17) is 14.7 Å². The van der Waals surface area contributed by atoms with Crippen LogP contribution in [0.1, 0.15) is 47.8 Å². The van der Waals surface area contributed by atoms with Gasteiger partial charge in [0, 0.05) is 56.1 Å². The molecule has 3 aromatic rings. The van der Waals surface area contributed by atoms with Gasteiger partial charge < -0.3 is 14.7 Å². The Kier molecular flexibility index (Phi) is 7.07. The molecule has 1 fully saturated rings. The van der Waals surface area contributed by atoms with Crippen molar-refractivity contribution in [2.45, 2.75) is 38.3 Å². The van der Waals surface area contributed by atoms with Crippen molar-refractivity contribution >= 4 is 11.7 Å². The van der Waals surface area contributed by atoms with Crippen LogP contribution in [0.3, 0.4) is 0 Å². The molecule has 1 N–H and O–H groups in total. The monoisotopic (exact) mass is 525 g/mol. The third kappa shape index (κ3) is 5.08. The van der Waals surface area contributed by atoms with Crippen molar-refractivity contribution < 1.29 is 32.6 Å². The number of pyridine rings is 1. The van der Waals surface area contributed by atoms with Crippen LogP contribution < -0.4 is 4.74 Å². The second kappa shape index (κ2) is 10.4. The molecule has 2 aliphatic heterocycles. The molecule has 10 heteroatoms. The maximum absolute atomic E-state index is 14.6. The molecule has 5 rings (SSSR count). The fraction of sp³-hybridized carbons (Fsp3) is 0.321. The number of aromatic nitrogens is 1. The molecule has 0 amide bonds. The van der Waals surface area contributed by atoms with Gasteiger partial charge >= 0.3 is 5.97 Å². The van der Waals surface area contributed by atoms with Gasteiger partial charge in [0.2, 0.25) is 5.88 Å². The molecule has 198 valence electrons. The molecule has 0 radical (unpaired) electrons. The zero-order valence-corrected chi connectivity index (χ0v) is 20.7. The van der Waals surface area contributed by atoms with Gasteiger partial charge in [0.15, 0.2) is 17.5 Å². The third-order valence-corrected chi connectivity index (χ3v) is 7.01. The average Bonchev–Trinajstić information content (AvgIpc) is 3.33. The Labute approximate surface area is 217 Å². The smallest absolute Gasteiger partial charge is 0.335 e. The maximum atomic E-state index is 14.6. The predicted molar refractivity (Wildman–Crippen MR) is 134 cm³/mol. The molecule has 7 nitrogen and oxygen atoms in total. The number of oxime groups is 1. The van der Waals surface area contributed by atoms with Crippen molar-refractivity contribution in [3.63, 3.8) is 0 Å². The van der Waals surface area contributed by atoms with Gasteiger partial charge in [-0.2, -0.15) is 0 Å². The number of rotatable bonds is 7. The van der Waals surface area contributed by atoms with Crippen LogP contribution in [-0.4, -0.2) is 52.0 Å². The molecule has 1 saturated heterocycles. The van der Waals surface area contributed by atoms with E-state index in [9.17, 15) is 18.0 Å². The first-order chi connectivity index (χ1) is 18.3. The molecule has 0 atom stereocenters. The van der Waals surface area contributed by atoms with E-state index in [1.54, 1.807) is 36.4 Å². The number of halogens is 3. The molecular weight excluding hydrogens is 499 g/mol. The summed E-state index contributed by atoms with van der Waals surface area (Å²) in [6.07, 6.45) is 1.98. The number of carboxylic acids is 1. The number of carboxylic acid groups (broad SMARTS) is 1. The summed E-state index contributed by atoms with van der Waals surface area (Å²) in [5.41, 5.74) is 2.17. The molecule has 1 spiro atoms. The van der Waals surface area contributed by atoms with Gasteiger partial charge in [0.1, 0.15) is 5.60 Å². The van der Waals surface area contributed by atoms with E-state index < -0.39 is 29.0 Å². The lowest BCUT2D eigenvalue weighted by Crippen LogP contribution is -2.44. The zero-order chi connectivity index (χ0) is 26.9. The van der Waals surface area contributed by atoms with Crippen LogP contribution in [-0.2, 0) is 11.4 Å². The van der Waals surface area contributed by atoms with Gasteiger partial charge in [-0.15, -0.1) is 0 Å². The Morgan fingerprint density at radius 1 is 1.03 bits per heavy atom. The number of hydrogen-bond donors (Lipinski definition) is 1. The second-order valence-electron chi connectivity index (χ2n) is 9.45. The minimum atomic E-state index is -1.52. The van der Waals surface area contributed by atoms with E-state index in [0.29, 0.717) is 62.6 Å². The number of ether oxygens (including phenoxy) is 1. The third-order valence-electron chi connectivity index (χ3n) is 7.01. The van der Waals surface area contributed by atoms with Crippen LogP contribution >= 0.6 is 0 Å². The van der Waals surface area contributed by atoms with E-state index in [1.807, 2.05) is 6.92 Å². The highest BCUT2D eigenvalue weighted by Crippen LogP contribution is 2.37. The lowest BCUT2D eigenvalue weighted by molar-refractivity contribution is -0.0628. The standard InChI is InChI=1S/C28H26F3N3O4/c1-2-37-24-10-8-19(20-7-9-21(29)26(31)25(20)30)23(32-24)16-34-13-11-28(12-14-34)15-22(33-38-28)17-3-5-18(6-4-17)27(35)36/h3-10H,2,11-16H2,1H3,(H,35,36). The molecular formula is C28H26F3N3O4. The highest BCUT2D eigenvalue weighted by molar-refractivity contribution is 6.02. The summed E-state index contributed by atoms with van der Waals surface area (Å²) in [5, 5.41) is 13.4. The first kappa shape index (κ1) is 25.7. The summed E-state index contributed by atoms with van der Waals surface area (Å²) >= 11 is 0. The number of likely N-dealkylation sites (tertiary alicyclic amines) is 1. The highest BCUT2D eigenvalue weighted by Gasteiger charge is 2.42. The predicted octanol–water partition coefficient (Wildman–Crippen LogP) is 5.42. The highest BCUT2D eigenvalue weighted by atomic mass is 19.2. The molecule has 0 aliphatic carbocycles. The topological polar surface area (TPSA) is 84.2 Å². The van der Waals surface area contributed by atoms with Crippen LogP contribution in [0, 0.1) is 17.5 Å². The van der Waals surface area contributed by atoms with E-state index in [0.717, 1.165) is 17.3 Å². The van der Waals surface area contributed by atoms with Crippen molar-refractivity contribution in [1.82, 2.24) is 9.88 Å². The number of benzene rings is 2. The van der Waals surface area contributed by atoms with Gasteiger partial charge in [0.05, 0.1) is 23.6 Å². The molecule has 1 aromatic heterocycles. The summed E-state index contributed by atoms with van der Waals surface area (Å²) in [6.45, 7) is 3.89. The van der Waals surface area contributed by atoms with E-state index in [2.05, 4.69) is 15.0 Å². The maximum Gasteiger partial charge on any atom is 0.335 e. The summed E-state index contributed by atoms with van der Waals surface area (Å²) in [4.78, 5) is 23.7. The van der Waals surface area contributed by atoms with Crippen molar-refractivity contribution in [2.24, 2.45) is 5.16 Å². The molecule has 38 heavy (non-hydrogen) atoms. The van der Waals surface area contributed by atoms with Crippen molar-refractivity contribution in [3.8, 4) is 17.0 Å². The quantitative estimate of drug-likeness (QED) is 0.415. The van der Waals surface area contributed by atoms with Crippen LogP contribution in [0.5, 0.6) is 5.88 Å². The number of aromatic carboxylic acids is 1. The fourth-order valence-electron chi connectivity index (χ4n) is 4.89. The van der Waals surface area contributed by atoms with Crippen molar-refractivity contribution in [1.29, 1.82) is 0 Å². The van der Waals surface area contributed by atoms with Crippen LogP contribution in [0.2, 0.25) is 0 Å². The van der Waals surface area contributed by atoms with Gasteiger partial charge in [-0.1, -0.05) is 17.3 Å². The lowest BCUT2D eigenvalue weighted by atomic mass is 9.85. The van der Waals surface area contributed by atoms with Crippen LogP contribution in [0.15, 0.2) is 53.7 Å². The summed E-state index contributed by atoms with van der Waals surface area (Å²) < 4.78 is 47.7. The number of hydrogen-bond acceptors (Lipinski definition) is 6. The molecule has 0 unspecified atom stereocenters. The van der Waals surface area contributed by atoms with E-state index in [-0.39, 0.29) is 11.1 Å². The number of piperidine rings is 1. The van der Waals surface area contributed by atoms with Crippen LogP contribution in [0.25, 0.3) is 11.1 Å². The summed E-state index contributed by atoms with van der Waals surface area (Å²) in [6, 6.07) is 11.9. The van der Waals surface area contributed by atoms with Gasteiger partial charge in [-0.3, -0.25) is 4.90 Å². The second-order valence-corrected chi connectivity index (χ2v) is 9.45. The zero-order valence-electron chi connectivity index (χ0n) is 20.7. The Morgan fingerprint density at radius 2 is 1.74 bits per heavy atom. The summed E-state index contributed by atoms with van der Waals surface area (Å²) in [5.74, 6) is -4.64. The molecule has 0 bridgehead atoms. The van der Waals surface area contributed by atoms with Crippen LogP contribution in [0.4, 0.5) is 13.2 Å². The normalized spacial score (nSPS) is 16.8. The fourth-order valence-corrected chi connectivity index (χ4v) is 4.89. The van der Waals surface area contributed by atoms with Crippen molar-refractivity contribution in [3.05, 3.63) is 82.8 Å². The largest absolute Gasteiger partial charge is 0.478 e. The Morgan fingerprint density at radius 3 is 2.42 bits per heavy atom. The summed E-state index contributed by atoms with van der Waals surface area (Å²) in [7, 11) is 0. The number of nitrogens with zero attached hydrogens (tertiary/aromatic N) is 3. The van der Waals surface area contributed by atoms with Gasteiger partial charge in [0.25, 0.3) is 0 Å². The van der Waals surface area contributed by atoms with Gasteiger partial charge in [-0.25, -0.2) is 22.9 Å². The minimum absolute atomic E-state index is 0.0611. The molecule has 2 aromatic carbocycles. The Hall–Kier alpha value is -3.92. The van der Waals surface area contributed by atoms with E-state index in [1.165, 1.54) is 6.07 Å². The minimum Gasteiger partial charge on any atom is -0.478 e. The molecule has 2 aliphatic rings. The van der Waals surface area contributed by atoms with Crippen molar-refractivity contribution in [2.75, 3.05) is 19.7 Å².